The van der Waals surface area contributed by atoms with E-state index in [0.717, 1.165) is 10.6 Å². The summed E-state index contributed by atoms with van der Waals surface area (Å²) in [5.74, 6) is -0.728. The first kappa shape index (κ1) is 17.4. The fraction of sp³-hybridized carbons (Fsp3) is 0.263. The second kappa shape index (κ2) is 6.28. The third-order valence-electron chi connectivity index (χ3n) is 4.81. The van der Waals surface area contributed by atoms with Crippen molar-refractivity contribution in [1.29, 1.82) is 0 Å². The highest BCUT2D eigenvalue weighted by Gasteiger charge is 2.58. The highest BCUT2D eigenvalue weighted by Crippen LogP contribution is 2.56. The van der Waals surface area contributed by atoms with Crippen LogP contribution in [0, 0.1) is 5.82 Å². The lowest BCUT2D eigenvalue weighted by Gasteiger charge is -2.33. The van der Waals surface area contributed by atoms with Gasteiger partial charge in [0.05, 0.1) is 5.69 Å². The van der Waals surface area contributed by atoms with E-state index in [9.17, 15) is 14.0 Å². The fourth-order valence-electron chi connectivity index (χ4n) is 3.57. The van der Waals surface area contributed by atoms with E-state index < -0.39 is 10.7 Å². The van der Waals surface area contributed by atoms with Gasteiger partial charge in [0.2, 0.25) is 5.91 Å². The molecule has 4 rings (SSSR count). The molecule has 0 aliphatic carbocycles. The Balaban J connectivity index is 1.66. The predicted molar refractivity (Wildman–Crippen MR) is 99.6 cm³/mol. The van der Waals surface area contributed by atoms with Crippen molar-refractivity contribution in [2.45, 2.75) is 29.2 Å². The molecule has 1 saturated heterocycles. The maximum absolute atomic E-state index is 14.1. The average Bonchev–Trinajstić information content (AvgIpc) is 3.13. The second-order valence-electron chi connectivity index (χ2n) is 6.44. The van der Waals surface area contributed by atoms with Gasteiger partial charge >= 0.3 is 0 Å². The molecule has 26 heavy (non-hydrogen) atoms. The minimum Gasteiger partial charge on any atom is -0.338 e. The van der Waals surface area contributed by atoms with Crippen LogP contribution >= 0.6 is 23.4 Å². The molecule has 0 aromatic heterocycles. The zero-order valence-electron chi connectivity index (χ0n) is 14.0. The van der Waals surface area contributed by atoms with Crippen molar-refractivity contribution in [2.75, 3.05) is 11.9 Å². The minimum absolute atomic E-state index is 0.0467. The topological polar surface area (TPSA) is 40.6 Å². The molecule has 0 saturated carbocycles. The summed E-state index contributed by atoms with van der Waals surface area (Å²) in [5, 5.41) is 0.281. The lowest BCUT2D eigenvalue weighted by atomic mass is 10.1. The van der Waals surface area contributed by atoms with Crippen LogP contribution in [0.2, 0.25) is 5.02 Å². The lowest BCUT2D eigenvalue weighted by Crippen LogP contribution is -2.52. The Morgan fingerprint density at radius 1 is 1.31 bits per heavy atom. The van der Waals surface area contributed by atoms with E-state index in [-0.39, 0.29) is 28.9 Å². The molecule has 1 atom stereocenters. The monoisotopic (exact) mass is 390 g/mol. The van der Waals surface area contributed by atoms with Gasteiger partial charge in [0.15, 0.2) is 4.87 Å². The lowest BCUT2D eigenvalue weighted by molar-refractivity contribution is -0.133. The number of halogens is 2. The number of para-hydroxylation sites is 1. The summed E-state index contributed by atoms with van der Waals surface area (Å²) in [6.07, 6.45) is 0.751. The number of carbonyl (C=O) groups excluding carboxylic acids is 2. The number of carbonyl (C=O) groups is 2. The Kier molecular flexibility index (Phi) is 4.20. The molecule has 134 valence electrons. The maximum Gasteiger partial charge on any atom is 0.259 e. The van der Waals surface area contributed by atoms with Crippen LogP contribution in [0.15, 0.2) is 47.4 Å². The molecule has 2 heterocycles. The zero-order valence-corrected chi connectivity index (χ0v) is 15.6. The van der Waals surface area contributed by atoms with E-state index in [1.165, 1.54) is 28.8 Å². The van der Waals surface area contributed by atoms with Gasteiger partial charge in [-0.1, -0.05) is 41.6 Å². The van der Waals surface area contributed by atoms with E-state index in [0.29, 0.717) is 12.8 Å². The number of nitrogens with zero attached hydrogens (tertiary/aromatic N) is 2. The van der Waals surface area contributed by atoms with Gasteiger partial charge in [0.1, 0.15) is 5.82 Å². The smallest absolute Gasteiger partial charge is 0.259 e. The predicted octanol–water partition coefficient (Wildman–Crippen LogP) is 4.07. The molecule has 0 bridgehead atoms. The third-order valence-corrected chi connectivity index (χ3v) is 6.63. The van der Waals surface area contributed by atoms with Crippen LogP contribution < -0.4 is 4.90 Å². The SMILES string of the molecule is CN(Cc1c(F)cccc1Cl)C(=O)[C@]12CCC(=O)N1c1ccccc1S2. The number of anilines is 1. The number of amides is 2. The Morgan fingerprint density at radius 2 is 2.08 bits per heavy atom. The number of likely N-dealkylation sites (N-methyl/N-ethyl adjacent to an activating group) is 1. The van der Waals surface area contributed by atoms with E-state index in [1.807, 2.05) is 24.3 Å². The molecule has 2 aromatic rings. The molecule has 2 aliphatic heterocycles. The van der Waals surface area contributed by atoms with Crippen molar-refractivity contribution in [3.63, 3.8) is 0 Å². The number of hydrogen-bond donors (Lipinski definition) is 0. The number of thioether (sulfide) groups is 1. The van der Waals surface area contributed by atoms with E-state index in [2.05, 4.69) is 0 Å². The van der Waals surface area contributed by atoms with Gasteiger partial charge in [-0.25, -0.2) is 4.39 Å². The third kappa shape index (κ3) is 2.51. The summed E-state index contributed by atoms with van der Waals surface area (Å²) in [4.78, 5) is 28.8. The van der Waals surface area contributed by atoms with Gasteiger partial charge in [-0.2, -0.15) is 0 Å². The summed E-state index contributed by atoms with van der Waals surface area (Å²) >= 11 is 7.50. The van der Waals surface area contributed by atoms with Crippen molar-refractivity contribution >= 4 is 40.9 Å². The van der Waals surface area contributed by atoms with Crippen LogP contribution in [0.5, 0.6) is 0 Å². The molecule has 0 radical (unpaired) electrons. The minimum atomic E-state index is -0.993. The van der Waals surface area contributed by atoms with Gasteiger partial charge in [-0.15, -0.1) is 0 Å². The summed E-state index contributed by atoms with van der Waals surface area (Å²) < 4.78 is 14.1. The quantitative estimate of drug-likeness (QED) is 0.793. The van der Waals surface area contributed by atoms with Crippen LogP contribution in [0.3, 0.4) is 0 Å². The summed E-state index contributed by atoms with van der Waals surface area (Å²) in [7, 11) is 1.62. The number of fused-ring (bicyclic) bond motifs is 3. The van der Waals surface area contributed by atoms with Crippen molar-refractivity contribution in [3.8, 4) is 0 Å². The van der Waals surface area contributed by atoms with Gasteiger partial charge in [0.25, 0.3) is 5.91 Å². The Morgan fingerprint density at radius 3 is 2.85 bits per heavy atom. The Labute approximate surface area is 159 Å². The van der Waals surface area contributed by atoms with Gasteiger partial charge in [0, 0.05) is 35.5 Å². The molecule has 0 unspecified atom stereocenters. The maximum atomic E-state index is 14.1. The fourth-order valence-corrected chi connectivity index (χ4v) is 5.31. The zero-order chi connectivity index (χ0) is 18.5. The molecular formula is C19H16ClFN2O2S. The molecular weight excluding hydrogens is 375 g/mol. The highest BCUT2D eigenvalue weighted by molar-refractivity contribution is 8.02. The summed E-state index contributed by atoms with van der Waals surface area (Å²) in [5.41, 5.74) is 1.04. The van der Waals surface area contributed by atoms with Crippen molar-refractivity contribution < 1.29 is 14.0 Å². The van der Waals surface area contributed by atoms with E-state index in [1.54, 1.807) is 18.0 Å². The molecule has 7 heteroatoms. The molecule has 2 aliphatic rings. The van der Waals surface area contributed by atoms with Crippen LogP contribution in [0.1, 0.15) is 18.4 Å². The Bertz CT molecular complexity index is 902. The first-order chi connectivity index (χ1) is 12.4. The second-order valence-corrected chi connectivity index (χ2v) is 8.17. The van der Waals surface area contributed by atoms with Crippen LogP contribution in [0.25, 0.3) is 0 Å². The van der Waals surface area contributed by atoms with E-state index in [4.69, 9.17) is 11.6 Å². The van der Waals surface area contributed by atoms with Crippen LogP contribution in [0.4, 0.5) is 10.1 Å². The molecule has 0 spiro atoms. The van der Waals surface area contributed by atoms with Crippen molar-refractivity contribution in [3.05, 3.63) is 58.9 Å². The highest BCUT2D eigenvalue weighted by atomic mass is 35.5. The molecule has 0 N–H and O–H groups in total. The van der Waals surface area contributed by atoms with Crippen molar-refractivity contribution in [1.82, 2.24) is 4.90 Å². The van der Waals surface area contributed by atoms with Gasteiger partial charge in [-0.05, 0) is 30.7 Å². The molecule has 1 fully saturated rings. The summed E-state index contributed by atoms with van der Waals surface area (Å²) in [6.45, 7) is 0.0467. The average molecular weight is 391 g/mol. The number of rotatable bonds is 3. The van der Waals surface area contributed by atoms with E-state index >= 15 is 0 Å². The normalized spacial score (nSPS) is 20.9. The first-order valence-corrected chi connectivity index (χ1v) is 9.43. The largest absolute Gasteiger partial charge is 0.338 e. The first-order valence-electron chi connectivity index (χ1n) is 8.23. The van der Waals surface area contributed by atoms with Crippen molar-refractivity contribution in [2.24, 2.45) is 0 Å². The van der Waals surface area contributed by atoms with Gasteiger partial charge < -0.3 is 4.90 Å². The number of hydrogen-bond acceptors (Lipinski definition) is 3. The number of benzene rings is 2. The van der Waals surface area contributed by atoms with Gasteiger partial charge in [-0.3, -0.25) is 14.5 Å². The van der Waals surface area contributed by atoms with Crippen LogP contribution in [-0.4, -0.2) is 28.6 Å². The molecule has 4 nitrogen and oxygen atoms in total. The Hall–Kier alpha value is -2.05. The molecule has 2 aromatic carbocycles. The summed E-state index contributed by atoms with van der Waals surface area (Å²) in [6, 6.07) is 12.0. The van der Waals surface area contributed by atoms with Crippen LogP contribution in [-0.2, 0) is 16.1 Å². The molecule has 2 amide bonds. The standard InChI is InChI=1S/C19H16ClFN2O2S/c1-22(11-12-13(20)5-4-6-14(12)21)18(25)19-10-9-17(24)23(19)15-7-2-3-8-16(15)26-19/h2-8H,9-11H2,1H3/t19-/m1/s1.